The number of para-hydroxylation sites is 1. The molecule has 0 fully saturated rings. The first kappa shape index (κ1) is 14.1. The minimum absolute atomic E-state index is 0.0450. The summed E-state index contributed by atoms with van der Waals surface area (Å²) in [6.45, 7) is 2.05. The molecule has 5 heteroatoms. The summed E-state index contributed by atoms with van der Waals surface area (Å²) in [6.07, 6.45) is 2.38. The Hall–Kier alpha value is -0.940. The summed E-state index contributed by atoms with van der Waals surface area (Å²) < 4.78 is 0.908. The van der Waals surface area contributed by atoms with Crippen LogP contribution >= 0.6 is 28.1 Å². The number of carbonyl (C=O) groups excluding carboxylic acids is 1. The summed E-state index contributed by atoms with van der Waals surface area (Å²) in [4.78, 5) is 11.4. The molecule has 2 N–H and O–H groups in total. The second-order valence-corrected chi connectivity index (χ2v) is 4.85. The first-order chi connectivity index (χ1) is 8.13. The summed E-state index contributed by atoms with van der Waals surface area (Å²) in [6, 6.07) is 7.60. The number of unbranched alkanes of at least 4 members (excludes halogenated alkanes) is 1. The Morgan fingerprint density at radius 2 is 2.12 bits per heavy atom. The van der Waals surface area contributed by atoms with Gasteiger partial charge in [0.1, 0.15) is 0 Å². The first-order valence-corrected chi connectivity index (χ1v) is 6.69. The summed E-state index contributed by atoms with van der Waals surface area (Å²) in [5, 5.41) is 5.95. The van der Waals surface area contributed by atoms with Crippen molar-refractivity contribution in [3.63, 3.8) is 0 Å². The lowest BCUT2D eigenvalue weighted by molar-refractivity contribution is -0.119. The van der Waals surface area contributed by atoms with Crippen molar-refractivity contribution in [1.29, 1.82) is 0 Å². The molecule has 0 unspecified atom stereocenters. The van der Waals surface area contributed by atoms with Gasteiger partial charge in [-0.1, -0.05) is 25.5 Å². The summed E-state index contributed by atoms with van der Waals surface area (Å²) >= 11 is 8.46. The van der Waals surface area contributed by atoms with Crippen LogP contribution in [-0.4, -0.2) is 11.0 Å². The van der Waals surface area contributed by atoms with Gasteiger partial charge >= 0.3 is 0 Å². The van der Waals surface area contributed by atoms with E-state index in [4.69, 9.17) is 12.2 Å². The maximum Gasteiger partial charge on any atom is 0.226 e. The molecule has 1 aromatic carbocycles. The van der Waals surface area contributed by atoms with Crippen molar-refractivity contribution in [2.45, 2.75) is 26.2 Å². The number of anilines is 1. The predicted molar refractivity (Wildman–Crippen MR) is 78.0 cm³/mol. The molecule has 1 rings (SSSR count). The maximum absolute atomic E-state index is 11.4. The molecule has 0 radical (unpaired) electrons. The summed E-state index contributed by atoms with van der Waals surface area (Å²) in [7, 11) is 0. The third kappa shape index (κ3) is 5.28. The van der Waals surface area contributed by atoms with Gasteiger partial charge in [-0.2, -0.15) is 0 Å². The second-order valence-electron chi connectivity index (χ2n) is 3.59. The molecule has 1 amide bonds. The highest BCUT2D eigenvalue weighted by molar-refractivity contribution is 9.10. The molecule has 0 aliphatic carbocycles. The van der Waals surface area contributed by atoms with Crippen LogP contribution in [0.2, 0.25) is 0 Å². The van der Waals surface area contributed by atoms with Crippen LogP contribution in [0, 0.1) is 0 Å². The smallest absolute Gasteiger partial charge is 0.226 e. The molecule has 0 spiro atoms. The molecule has 0 atom stereocenters. The average Bonchev–Trinajstić information content (AvgIpc) is 2.29. The molecule has 0 aliphatic rings. The van der Waals surface area contributed by atoms with E-state index in [0.717, 1.165) is 23.0 Å². The van der Waals surface area contributed by atoms with E-state index in [-0.39, 0.29) is 5.91 Å². The van der Waals surface area contributed by atoms with Gasteiger partial charge in [-0.25, -0.2) is 0 Å². The highest BCUT2D eigenvalue weighted by Gasteiger charge is 2.05. The molecule has 0 bridgehead atoms. The van der Waals surface area contributed by atoms with Crippen LogP contribution < -0.4 is 10.6 Å². The number of amides is 1. The predicted octanol–water partition coefficient (Wildman–Crippen LogP) is 3.45. The molecule has 17 heavy (non-hydrogen) atoms. The topological polar surface area (TPSA) is 41.1 Å². The normalized spacial score (nSPS) is 9.76. The van der Waals surface area contributed by atoms with Crippen LogP contribution in [0.3, 0.4) is 0 Å². The standard InChI is InChI=1S/C12H15BrN2OS/c1-2-3-8-11(16)15-12(17)14-10-7-5-4-6-9(10)13/h4-7H,2-3,8H2,1H3,(H2,14,15,16,17). The fourth-order valence-corrected chi connectivity index (χ4v) is 1.85. The first-order valence-electron chi connectivity index (χ1n) is 5.49. The molecule has 0 saturated heterocycles. The largest absolute Gasteiger partial charge is 0.331 e. The fourth-order valence-electron chi connectivity index (χ4n) is 1.24. The van der Waals surface area contributed by atoms with E-state index >= 15 is 0 Å². The lowest BCUT2D eigenvalue weighted by Gasteiger charge is -2.10. The third-order valence-corrected chi connectivity index (χ3v) is 3.03. The lowest BCUT2D eigenvalue weighted by Crippen LogP contribution is -2.33. The van der Waals surface area contributed by atoms with Crippen molar-refractivity contribution < 1.29 is 4.79 Å². The van der Waals surface area contributed by atoms with Crippen LogP contribution in [0.15, 0.2) is 28.7 Å². The number of benzene rings is 1. The number of carbonyl (C=O) groups is 1. The fraction of sp³-hybridized carbons (Fsp3) is 0.333. The highest BCUT2D eigenvalue weighted by Crippen LogP contribution is 2.20. The van der Waals surface area contributed by atoms with Crippen molar-refractivity contribution in [3.8, 4) is 0 Å². The third-order valence-electron chi connectivity index (χ3n) is 2.13. The van der Waals surface area contributed by atoms with Crippen molar-refractivity contribution in [2.24, 2.45) is 0 Å². The Morgan fingerprint density at radius 3 is 2.76 bits per heavy atom. The summed E-state index contributed by atoms with van der Waals surface area (Å²) in [5.41, 5.74) is 0.841. The minimum Gasteiger partial charge on any atom is -0.331 e. The quantitative estimate of drug-likeness (QED) is 0.836. The lowest BCUT2D eigenvalue weighted by atomic mass is 10.2. The van der Waals surface area contributed by atoms with Crippen LogP contribution in [0.1, 0.15) is 26.2 Å². The summed E-state index contributed by atoms with van der Waals surface area (Å²) in [5.74, 6) is -0.0450. The van der Waals surface area contributed by atoms with E-state index in [1.807, 2.05) is 31.2 Å². The number of hydrogen-bond acceptors (Lipinski definition) is 2. The van der Waals surface area contributed by atoms with E-state index in [1.54, 1.807) is 0 Å². The van der Waals surface area contributed by atoms with Crippen molar-refractivity contribution in [1.82, 2.24) is 5.32 Å². The van der Waals surface area contributed by atoms with Crippen LogP contribution in [-0.2, 0) is 4.79 Å². The van der Waals surface area contributed by atoms with Crippen LogP contribution in [0.5, 0.6) is 0 Å². The van der Waals surface area contributed by atoms with E-state index in [2.05, 4.69) is 26.6 Å². The van der Waals surface area contributed by atoms with E-state index in [0.29, 0.717) is 11.5 Å². The number of halogens is 1. The van der Waals surface area contributed by atoms with E-state index in [1.165, 1.54) is 0 Å². The van der Waals surface area contributed by atoms with E-state index < -0.39 is 0 Å². The number of thiocarbonyl (C=S) groups is 1. The van der Waals surface area contributed by atoms with Gasteiger partial charge in [0, 0.05) is 10.9 Å². The van der Waals surface area contributed by atoms with Gasteiger partial charge in [0.05, 0.1) is 5.69 Å². The Morgan fingerprint density at radius 1 is 1.41 bits per heavy atom. The zero-order chi connectivity index (χ0) is 12.7. The molecule has 0 heterocycles. The van der Waals surface area contributed by atoms with Gasteiger partial charge in [-0.15, -0.1) is 0 Å². The minimum atomic E-state index is -0.0450. The van der Waals surface area contributed by atoms with Crippen LogP contribution in [0.4, 0.5) is 5.69 Å². The molecule has 1 aromatic rings. The Kier molecular flexibility index (Phi) is 6.15. The second kappa shape index (κ2) is 7.40. The molecule has 0 aliphatic heterocycles. The number of nitrogens with one attached hydrogen (secondary N) is 2. The number of rotatable bonds is 4. The molecule has 3 nitrogen and oxygen atoms in total. The Balaban J connectivity index is 2.45. The molecule has 0 aromatic heterocycles. The van der Waals surface area contributed by atoms with Crippen molar-refractivity contribution in [3.05, 3.63) is 28.7 Å². The van der Waals surface area contributed by atoms with Crippen molar-refractivity contribution >= 4 is 44.9 Å². The molecule has 92 valence electrons. The van der Waals surface area contributed by atoms with Gasteiger partial charge < -0.3 is 10.6 Å². The maximum atomic E-state index is 11.4. The average molecular weight is 315 g/mol. The molecular formula is C12H15BrN2OS. The van der Waals surface area contributed by atoms with Crippen molar-refractivity contribution in [2.75, 3.05) is 5.32 Å². The SMILES string of the molecule is CCCCC(=O)NC(=S)Nc1ccccc1Br. The monoisotopic (exact) mass is 314 g/mol. The van der Waals surface area contributed by atoms with E-state index in [9.17, 15) is 4.79 Å². The van der Waals surface area contributed by atoms with Gasteiger partial charge in [0.2, 0.25) is 5.91 Å². The van der Waals surface area contributed by atoms with Gasteiger partial charge in [0.25, 0.3) is 0 Å². The zero-order valence-corrected chi connectivity index (χ0v) is 12.0. The van der Waals surface area contributed by atoms with Crippen LogP contribution in [0.25, 0.3) is 0 Å². The van der Waals surface area contributed by atoms with Gasteiger partial charge in [0.15, 0.2) is 5.11 Å². The van der Waals surface area contributed by atoms with Gasteiger partial charge in [-0.3, -0.25) is 4.79 Å². The molecule has 0 saturated carbocycles. The molecular weight excluding hydrogens is 300 g/mol. The Bertz CT molecular complexity index is 409. The zero-order valence-electron chi connectivity index (χ0n) is 9.63. The van der Waals surface area contributed by atoms with Gasteiger partial charge in [-0.05, 0) is 46.7 Å². The highest BCUT2D eigenvalue weighted by atomic mass is 79.9. The Labute approximate surface area is 115 Å². The number of hydrogen-bond donors (Lipinski definition) is 2.